The quantitative estimate of drug-likeness (QED) is 0.323. The van der Waals surface area contributed by atoms with E-state index in [9.17, 15) is 9.59 Å². The van der Waals surface area contributed by atoms with Gasteiger partial charge in [-0.05, 0) is 90.6 Å². The minimum Gasteiger partial charge on any atom is -0.471 e. The molecule has 0 aromatic rings. The fraction of sp³-hybridized carbons (Fsp3) is 0.794. The molecule has 0 aromatic heterocycles. The van der Waals surface area contributed by atoms with Crippen LogP contribution in [0.15, 0.2) is 23.8 Å². The van der Waals surface area contributed by atoms with Crippen molar-refractivity contribution in [1.29, 1.82) is 0 Å². The van der Waals surface area contributed by atoms with Gasteiger partial charge in [-0.2, -0.15) is 0 Å². The van der Waals surface area contributed by atoms with E-state index in [1.807, 2.05) is 19.9 Å². The molecule has 0 spiro atoms. The zero-order valence-electron chi connectivity index (χ0n) is 26.1. The largest absolute Gasteiger partial charge is 0.471 e. The Hall–Kier alpha value is -1.71. The Morgan fingerprint density at radius 1 is 0.895 bits per heavy atom. The maximum atomic E-state index is 14.1. The number of ether oxygens (including phenoxy) is 1. The van der Waals surface area contributed by atoms with Crippen LogP contribution in [0.1, 0.15) is 114 Å². The molecular formula is C34H54O4. The van der Waals surface area contributed by atoms with E-state index >= 15 is 0 Å². The average Bonchev–Trinajstić information content (AvgIpc) is 2.86. The van der Waals surface area contributed by atoms with Crippen molar-refractivity contribution in [3.05, 3.63) is 23.8 Å². The summed E-state index contributed by atoms with van der Waals surface area (Å²) in [5.41, 5.74) is 1.40. The van der Waals surface area contributed by atoms with Crippen molar-refractivity contribution in [3.8, 4) is 0 Å². The minimum absolute atomic E-state index is 0.000811. The van der Waals surface area contributed by atoms with E-state index in [0.29, 0.717) is 29.0 Å². The summed E-state index contributed by atoms with van der Waals surface area (Å²) >= 11 is 0. The predicted molar refractivity (Wildman–Crippen MR) is 154 cm³/mol. The monoisotopic (exact) mass is 526 g/mol. The lowest BCUT2D eigenvalue weighted by molar-refractivity contribution is -0.168. The number of carbonyl (C=O) groups is 3. The minimum atomic E-state index is -0.370. The summed E-state index contributed by atoms with van der Waals surface area (Å²) in [7, 11) is 1.31. The van der Waals surface area contributed by atoms with Crippen LogP contribution in [0, 0.1) is 50.2 Å². The summed E-state index contributed by atoms with van der Waals surface area (Å²) in [6, 6.07) is 0. The van der Waals surface area contributed by atoms with Crippen LogP contribution in [0.25, 0.3) is 0 Å². The van der Waals surface area contributed by atoms with Crippen LogP contribution in [-0.2, 0) is 19.1 Å². The molecule has 0 N–H and O–H groups in total. The Balaban J connectivity index is 0.000000612. The van der Waals surface area contributed by atoms with Gasteiger partial charge >= 0.3 is 0 Å². The van der Waals surface area contributed by atoms with Crippen molar-refractivity contribution in [2.75, 3.05) is 7.11 Å². The Morgan fingerprint density at radius 3 is 2.05 bits per heavy atom. The molecule has 0 radical (unpaired) electrons. The molecule has 0 amide bonds. The van der Waals surface area contributed by atoms with E-state index in [1.54, 1.807) is 0 Å². The number of allylic oxidation sites excluding steroid dienone is 4. The number of hydrogen-bond donors (Lipinski definition) is 0. The Kier molecular flexibility index (Phi) is 8.14. The zero-order chi connectivity index (χ0) is 28.9. The zero-order valence-corrected chi connectivity index (χ0v) is 26.1. The van der Waals surface area contributed by atoms with Crippen LogP contribution in [0.3, 0.4) is 0 Å². The van der Waals surface area contributed by atoms with Crippen LogP contribution in [0.2, 0.25) is 0 Å². The van der Waals surface area contributed by atoms with Gasteiger partial charge < -0.3 is 4.74 Å². The molecule has 3 fully saturated rings. The summed E-state index contributed by atoms with van der Waals surface area (Å²) in [5, 5.41) is 0. The van der Waals surface area contributed by atoms with Gasteiger partial charge in [-0.15, -0.1) is 0 Å². The molecule has 0 aliphatic heterocycles. The first kappa shape index (κ1) is 30.8. The van der Waals surface area contributed by atoms with Crippen molar-refractivity contribution >= 4 is 18.0 Å². The van der Waals surface area contributed by atoms with Gasteiger partial charge in [0.2, 0.25) is 0 Å². The van der Waals surface area contributed by atoms with Crippen LogP contribution in [0.4, 0.5) is 0 Å². The molecule has 5 rings (SSSR count). The Bertz CT molecular complexity index is 1020. The fourth-order valence-corrected chi connectivity index (χ4v) is 9.60. The molecule has 3 saturated carbocycles. The lowest BCUT2D eigenvalue weighted by atomic mass is 9.34. The lowest BCUT2D eigenvalue weighted by Crippen LogP contribution is -2.64. The highest BCUT2D eigenvalue weighted by Gasteiger charge is 2.68. The predicted octanol–water partition coefficient (Wildman–Crippen LogP) is 8.15. The number of ketones is 2. The van der Waals surface area contributed by atoms with E-state index in [-0.39, 0.29) is 39.3 Å². The summed E-state index contributed by atoms with van der Waals surface area (Å²) in [6.45, 7) is 23.2. The molecule has 5 aliphatic carbocycles. The third-order valence-electron chi connectivity index (χ3n) is 12.2. The van der Waals surface area contributed by atoms with E-state index in [0.717, 1.165) is 19.3 Å². The van der Waals surface area contributed by atoms with Gasteiger partial charge in [0.15, 0.2) is 11.6 Å². The molecule has 0 aromatic carbocycles. The van der Waals surface area contributed by atoms with Crippen LogP contribution in [0.5, 0.6) is 0 Å². The Morgan fingerprint density at radius 2 is 1.47 bits per heavy atom. The first-order valence-corrected chi connectivity index (χ1v) is 15.0. The third-order valence-corrected chi connectivity index (χ3v) is 12.2. The number of hydrogen-bond acceptors (Lipinski definition) is 4. The molecular weight excluding hydrogens is 472 g/mol. The third kappa shape index (κ3) is 4.37. The smallest absolute Gasteiger partial charge is 0.292 e. The standard InChI is InChI=1S/C30H44O2.C2H4O2.C2H6/c1-25(2)13-14-27(5)15-16-30(8)24(19(27)18-25)20(31)17-22-28(6)11-10-23(32)26(3,4)21(28)9-12-29(22,30)7;1-4-2-3;1-2/h10-11,17,19,21,24H,9,12-16,18H2,1-8H3;2H,1H3;1-2H3/t19-,21?,24-,27+,28-,29+,30+;;/m0../s1. The van der Waals surface area contributed by atoms with Gasteiger partial charge in [-0.1, -0.05) is 80.9 Å². The molecule has 38 heavy (non-hydrogen) atoms. The second-order valence-electron chi connectivity index (χ2n) is 14.9. The van der Waals surface area contributed by atoms with Gasteiger partial charge in [-0.3, -0.25) is 14.4 Å². The van der Waals surface area contributed by atoms with Gasteiger partial charge in [0.25, 0.3) is 6.47 Å². The van der Waals surface area contributed by atoms with E-state index in [4.69, 9.17) is 4.79 Å². The van der Waals surface area contributed by atoms with E-state index < -0.39 is 0 Å². The molecule has 4 nitrogen and oxygen atoms in total. The normalized spacial score (nSPS) is 43.8. The maximum absolute atomic E-state index is 14.1. The molecule has 214 valence electrons. The summed E-state index contributed by atoms with van der Waals surface area (Å²) in [6.07, 6.45) is 14.4. The van der Waals surface area contributed by atoms with Crippen molar-refractivity contribution in [2.45, 2.75) is 114 Å². The highest BCUT2D eigenvalue weighted by Crippen LogP contribution is 2.74. The van der Waals surface area contributed by atoms with Gasteiger partial charge in [0.05, 0.1) is 7.11 Å². The first-order valence-electron chi connectivity index (χ1n) is 15.0. The van der Waals surface area contributed by atoms with Gasteiger partial charge in [0.1, 0.15) is 0 Å². The highest BCUT2D eigenvalue weighted by molar-refractivity contribution is 5.98. The van der Waals surface area contributed by atoms with E-state index in [1.165, 1.54) is 38.4 Å². The van der Waals surface area contributed by atoms with Crippen molar-refractivity contribution in [3.63, 3.8) is 0 Å². The van der Waals surface area contributed by atoms with Crippen molar-refractivity contribution in [1.82, 2.24) is 0 Å². The first-order chi connectivity index (χ1) is 17.5. The van der Waals surface area contributed by atoms with Crippen molar-refractivity contribution < 1.29 is 19.1 Å². The maximum Gasteiger partial charge on any atom is 0.292 e. The summed E-state index contributed by atoms with van der Waals surface area (Å²) in [5.74, 6) is 1.52. The molecule has 0 heterocycles. The summed E-state index contributed by atoms with van der Waals surface area (Å²) in [4.78, 5) is 35.9. The van der Waals surface area contributed by atoms with Gasteiger partial charge in [-0.25, -0.2) is 0 Å². The van der Waals surface area contributed by atoms with Crippen LogP contribution in [-0.4, -0.2) is 25.1 Å². The lowest BCUT2D eigenvalue weighted by Gasteiger charge is -2.69. The second-order valence-corrected chi connectivity index (χ2v) is 14.9. The molecule has 1 unspecified atom stereocenters. The molecule has 0 bridgehead atoms. The second kappa shape index (κ2) is 10.0. The fourth-order valence-electron chi connectivity index (χ4n) is 9.60. The molecule has 0 saturated heterocycles. The SMILES string of the molecule is CC.CC1(C)CC[C@]2(C)CC[C@]3(C)[C@H](C(=O)C=C4[C@@]5(C)C=CC(=O)C(C)(C)C5CC[C@]43C)[C@@H]2C1.COC=O. The number of methoxy groups -OCH3 is 1. The number of carbonyl (C=O) groups excluding carboxylic acids is 3. The molecule has 5 aliphatic rings. The summed E-state index contributed by atoms with van der Waals surface area (Å²) < 4.78 is 3.86. The van der Waals surface area contributed by atoms with Gasteiger partial charge in [0, 0.05) is 16.7 Å². The highest BCUT2D eigenvalue weighted by atomic mass is 16.5. The van der Waals surface area contributed by atoms with Crippen molar-refractivity contribution in [2.24, 2.45) is 50.2 Å². The number of fused-ring (bicyclic) bond motifs is 7. The number of rotatable bonds is 1. The Labute approximate surface area is 232 Å². The topological polar surface area (TPSA) is 60.4 Å². The molecule has 7 atom stereocenters. The van der Waals surface area contributed by atoms with E-state index in [2.05, 4.69) is 72.3 Å². The van der Waals surface area contributed by atoms with Crippen LogP contribution >= 0.6 is 0 Å². The molecule has 4 heteroatoms. The average molecular weight is 527 g/mol. The van der Waals surface area contributed by atoms with Crippen LogP contribution < -0.4 is 0 Å².